The molecule has 1 fully saturated rings. The van der Waals surface area contributed by atoms with Gasteiger partial charge in [0.2, 0.25) is 0 Å². The van der Waals surface area contributed by atoms with Crippen LogP contribution in [0.15, 0.2) is 34.2 Å². The fraction of sp³-hybridized carbons (Fsp3) is 0.632. The molecule has 0 aromatic heterocycles. The second kappa shape index (κ2) is 9.92. The van der Waals surface area contributed by atoms with Crippen molar-refractivity contribution >= 4 is 15.8 Å². The van der Waals surface area contributed by atoms with E-state index in [2.05, 4.69) is 29.4 Å². The van der Waals surface area contributed by atoms with E-state index < -0.39 is 9.84 Å². The standard InChI is InChI=1S/C19H32N4O2S/c1-4-20-19(22-14-17-11-13-23(5-2)15-17)21-12-10-16-6-8-18(9-7-16)26(3,24)25/h6-9,17H,4-5,10-15H2,1-3H3,(H2,20,21,22). The van der Waals surface area contributed by atoms with Crippen molar-refractivity contribution in [2.45, 2.75) is 31.6 Å². The van der Waals surface area contributed by atoms with Crippen molar-refractivity contribution in [3.05, 3.63) is 29.8 Å². The van der Waals surface area contributed by atoms with Gasteiger partial charge >= 0.3 is 0 Å². The molecule has 2 rings (SSSR count). The van der Waals surface area contributed by atoms with Gasteiger partial charge in [-0.15, -0.1) is 0 Å². The van der Waals surface area contributed by atoms with Gasteiger partial charge in [0.1, 0.15) is 0 Å². The van der Waals surface area contributed by atoms with Crippen LogP contribution in [0.25, 0.3) is 0 Å². The van der Waals surface area contributed by atoms with Crippen molar-refractivity contribution in [1.82, 2.24) is 15.5 Å². The van der Waals surface area contributed by atoms with E-state index >= 15 is 0 Å². The maximum atomic E-state index is 11.5. The van der Waals surface area contributed by atoms with Crippen molar-refractivity contribution in [1.29, 1.82) is 0 Å². The minimum atomic E-state index is -3.13. The number of guanidine groups is 1. The Hall–Kier alpha value is -1.60. The van der Waals surface area contributed by atoms with Crippen LogP contribution >= 0.6 is 0 Å². The summed E-state index contributed by atoms with van der Waals surface area (Å²) in [6.45, 7) is 10.2. The molecule has 0 saturated carbocycles. The van der Waals surface area contributed by atoms with Crippen LogP contribution in [0, 0.1) is 5.92 Å². The van der Waals surface area contributed by atoms with Crippen LogP contribution in [0.1, 0.15) is 25.8 Å². The predicted octanol–water partition coefficient (Wildman–Crippen LogP) is 1.53. The average molecular weight is 381 g/mol. The largest absolute Gasteiger partial charge is 0.357 e. The Labute approximate surface area is 158 Å². The van der Waals surface area contributed by atoms with E-state index in [-0.39, 0.29) is 0 Å². The fourth-order valence-corrected chi connectivity index (χ4v) is 3.77. The first-order valence-electron chi connectivity index (χ1n) is 9.46. The molecule has 6 nitrogen and oxygen atoms in total. The zero-order chi connectivity index (χ0) is 19.0. The van der Waals surface area contributed by atoms with Crippen molar-refractivity contribution in [3.8, 4) is 0 Å². The van der Waals surface area contributed by atoms with E-state index in [4.69, 9.17) is 4.99 Å². The second-order valence-electron chi connectivity index (χ2n) is 6.86. The molecule has 1 unspecified atom stereocenters. The maximum absolute atomic E-state index is 11.5. The number of hydrogen-bond acceptors (Lipinski definition) is 4. The maximum Gasteiger partial charge on any atom is 0.191 e. The van der Waals surface area contributed by atoms with Crippen LogP contribution in [-0.2, 0) is 16.3 Å². The predicted molar refractivity (Wildman–Crippen MR) is 107 cm³/mol. The summed E-state index contributed by atoms with van der Waals surface area (Å²) in [4.78, 5) is 7.57. The van der Waals surface area contributed by atoms with E-state index in [0.29, 0.717) is 10.8 Å². The molecule has 1 saturated heterocycles. The lowest BCUT2D eigenvalue weighted by atomic mass is 10.1. The third-order valence-electron chi connectivity index (χ3n) is 4.73. The smallest absolute Gasteiger partial charge is 0.191 e. The Kier molecular flexibility index (Phi) is 7.90. The molecule has 0 aliphatic carbocycles. The van der Waals surface area contributed by atoms with Crippen LogP contribution in [0.3, 0.4) is 0 Å². The van der Waals surface area contributed by atoms with Gasteiger partial charge in [0, 0.05) is 32.4 Å². The molecule has 0 bridgehead atoms. The quantitative estimate of drug-likeness (QED) is 0.528. The van der Waals surface area contributed by atoms with Crippen LogP contribution in [0.4, 0.5) is 0 Å². The van der Waals surface area contributed by atoms with Gasteiger partial charge in [-0.1, -0.05) is 19.1 Å². The summed E-state index contributed by atoms with van der Waals surface area (Å²) >= 11 is 0. The summed E-state index contributed by atoms with van der Waals surface area (Å²) in [5, 5.41) is 6.66. The summed E-state index contributed by atoms with van der Waals surface area (Å²) in [6, 6.07) is 7.09. The SMILES string of the molecule is CCNC(=NCC1CCN(CC)C1)NCCc1ccc(S(C)(=O)=O)cc1. The first-order chi connectivity index (χ1) is 12.4. The Balaban J connectivity index is 1.81. The molecule has 1 aliphatic rings. The van der Waals surface area contributed by atoms with Gasteiger partial charge in [-0.05, 0) is 56.5 Å². The molecule has 1 aromatic carbocycles. The summed E-state index contributed by atoms with van der Waals surface area (Å²) in [5.74, 6) is 1.50. The molecule has 0 radical (unpaired) electrons. The lowest BCUT2D eigenvalue weighted by Crippen LogP contribution is -2.38. The molecule has 1 aromatic rings. The van der Waals surface area contributed by atoms with Crippen molar-refractivity contribution in [3.63, 3.8) is 0 Å². The van der Waals surface area contributed by atoms with Gasteiger partial charge in [-0.25, -0.2) is 8.42 Å². The molecule has 0 spiro atoms. The third-order valence-corrected chi connectivity index (χ3v) is 5.86. The molecule has 1 aliphatic heterocycles. The van der Waals surface area contributed by atoms with Gasteiger partial charge in [0.15, 0.2) is 15.8 Å². The Morgan fingerprint density at radius 2 is 1.96 bits per heavy atom. The Morgan fingerprint density at radius 1 is 1.23 bits per heavy atom. The van der Waals surface area contributed by atoms with Gasteiger partial charge in [-0.3, -0.25) is 4.99 Å². The summed E-state index contributed by atoms with van der Waals surface area (Å²) in [7, 11) is -3.13. The number of nitrogens with one attached hydrogen (secondary N) is 2. The minimum Gasteiger partial charge on any atom is -0.357 e. The van der Waals surface area contributed by atoms with Crippen molar-refractivity contribution < 1.29 is 8.42 Å². The van der Waals surface area contributed by atoms with Crippen LogP contribution in [0.2, 0.25) is 0 Å². The van der Waals surface area contributed by atoms with Gasteiger partial charge < -0.3 is 15.5 Å². The first-order valence-corrected chi connectivity index (χ1v) is 11.3. The molecule has 26 heavy (non-hydrogen) atoms. The van der Waals surface area contributed by atoms with E-state index in [0.717, 1.165) is 50.7 Å². The van der Waals surface area contributed by atoms with E-state index in [1.807, 2.05) is 12.1 Å². The Bertz CT molecular complexity index is 686. The topological polar surface area (TPSA) is 73.8 Å². The number of aliphatic imine (C=N–C) groups is 1. The monoisotopic (exact) mass is 380 g/mol. The number of likely N-dealkylation sites (tertiary alicyclic amines) is 1. The number of rotatable bonds is 8. The summed E-state index contributed by atoms with van der Waals surface area (Å²) in [6.07, 6.45) is 3.28. The van der Waals surface area contributed by atoms with Crippen molar-refractivity contribution in [2.75, 3.05) is 45.5 Å². The van der Waals surface area contributed by atoms with Gasteiger partial charge in [0.05, 0.1) is 4.90 Å². The zero-order valence-electron chi connectivity index (χ0n) is 16.2. The highest BCUT2D eigenvalue weighted by Crippen LogP contribution is 2.15. The molecule has 146 valence electrons. The van der Waals surface area contributed by atoms with Crippen molar-refractivity contribution in [2.24, 2.45) is 10.9 Å². The molecule has 2 N–H and O–H groups in total. The van der Waals surface area contributed by atoms with Crippen LogP contribution in [-0.4, -0.2) is 64.8 Å². The van der Waals surface area contributed by atoms with Crippen LogP contribution in [0.5, 0.6) is 0 Å². The first kappa shape index (κ1) is 20.7. The third kappa shape index (κ3) is 6.61. The molecule has 1 heterocycles. The molecular weight excluding hydrogens is 348 g/mol. The normalized spacial score (nSPS) is 18.9. The van der Waals surface area contributed by atoms with Gasteiger partial charge in [0.25, 0.3) is 0 Å². The number of benzene rings is 1. The number of hydrogen-bond donors (Lipinski definition) is 2. The molecule has 0 amide bonds. The highest BCUT2D eigenvalue weighted by Gasteiger charge is 2.20. The number of sulfone groups is 1. The average Bonchev–Trinajstić information content (AvgIpc) is 3.07. The summed E-state index contributed by atoms with van der Waals surface area (Å²) in [5.41, 5.74) is 1.11. The van der Waals surface area contributed by atoms with E-state index in [9.17, 15) is 8.42 Å². The minimum absolute atomic E-state index is 0.363. The zero-order valence-corrected chi connectivity index (χ0v) is 17.0. The summed E-state index contributed by atoms with van der Waals surface area (Å²) < 4.78 is 23.0. The highest BCUT2D eigenvalue weighted by molar-refractivity contribution is 7.90. The Morgan fingerprint density at radius 3 is 2.54 bits per heavy atom. The van der Waals surface area contributed by atoms with Gasteiger partial charge in [-0.2, -0.15) is 0 Å². The fourth-order valence-electron chi connectivity index (χ4n) is 3.14. The van der Waals surface area contributed by atoms with E-state index in [1.165, 1.54) is 19.2 Å². The highest BCUT2D eigenvalue weighted by atomic mass is 32.2. The van der Waals surface area contributed by atoms with Crippen LogP contribution < -0.4 is 10.6 Å². The molecule has 1 atom stereocenters. The number of nitrogens with zero attached hydrogens (tertiary/aromatic N) is 2. The lowest BCUT2D eigenvalue weighted by Gasteiger charge is -2.14. The second-order valence-corrected chi connectivity index (χ2v) is 8.88. The molecule has 7 heteroatoms. The van der Waals surface area contributed by atoms with E-state index in [1.54, 1.807) is 12.1 Å². The lowest BCUT2D eigenvalue weighted by molar-refractivity contribution is 0.343. The molecular formula is C19H32N4O2S.